The zero-order valence-electron chi connectivity index (χ0n) is 12.6. The molecule has 1 heterocycles. The van der Waals surface area contributed by atoms with Gasteiger partial charge in [-0.3, -0.25) is 9.59 Å². The van der Waals surface area contributed by atoms with Crippen LogP contribution in [-0.2, 0) is 23.8 Å². The number of aliphatic hydroxyl groups is 1. The maximum absolute atomic E-state index is 12.1. The van der Waals surface area contributed by atoms with E-state index in [9.17, 15) is 14.7 Å². The normalized spacial score (nSPS) is 41.4. The molecule has 3 fully saturated rings. The van der Waals surface area contributed by atoms with Gasteiger partial charge in [0.1, 0.15) is 16.1 Å². The lowest BCUT2D eigenvalue weighted by atomic mass is 9.78. The quantitative estimate of drug-likeness (QED) is 0.300. The van der Waals surface area contributed by atoms with Crippen molar-refractivity contribution in [2.45, 2.75) is 49.1 Å². The molecule has 2 bridgehead atoms. The van der Waals surface area contributed by atoms with Gasteiger partial charge in [0.05, 0.1) is 5.92 Å². The number of aliphatic hydroxyl groups excluding tert-OH is 1. The SMILES string of the molecule is CCOC(O)C1C2CC3C(OC(=O)C31)C2OC(=O)C(I)CC. The Morgan fingerprint density at radius 3 is 2.82 bits per heavy atom. The summed E-state index contributed by atoms with van der Waals surface area (Å²) < 4.78 is 16.2. The van der Waals surface area contributed by atoms with E-state index in [4.69, 9.17) is 14.2 Å². The number of alkyl halides is 1. The molecule has 3 aliphatic rings. The lowest BCUT2D eigenvalue weighted by Crippen LogP contribution is -2.45. The molecular formula is C15H21IO6. The van der Waals surface area contributed by atoms with Gasteiger partial charge >= 0.3 is 11.9 Å². The van der Waals surface area contributed by atoms with E-state index < -0.39 is 12.4 Å². The highest BCUT2D eigenvalue weighted by molar-refractivity contribution is 14.1. The molecule has 0 radical (unpaired) electrons. The van der Waals surface area contributed by atoms with Crippen molar-refractivity contribution in [3.05, 3.63) is 0 Å². The van der Waals surface area contributed by atoms with Crippen LogP contribution in [0.5, 0.6) is 0 Å². The zero-order chi connectivity index (χ0) is 16.0. The van der Waals surface area contributed by atoms with E-state index in [-0.39, 0.29) is 45.6 Å². The van der Waals surface area contributed by atoms with Crippen molar-refractivity contribution in [1.29, 1.82) is 0 Å². The third-order valence-electron chi connectivity index (χ3n) is 5.14. The van der Waals surface area contributed by atoms with E-state index in [0.717, 1.165) is 6.42 Å². The topological polar surface area (TPSA) is 82.1 Å². The summed E-state index contributed by atoms with van der Waals surface area (Å²) >= 11 is 2.06. The van der Waals surface area contributed by atoms with Gasteiger partial charge in [-0.05, 0) is 19.8 Å². The van der Waals surface area contributed by atoms with E-state index in [1.807, 2.05) is 6.92 Å². The average Bonchev–Trinajstić information content (AvgIpc) is 3.09. The first-order chi connectivity index (χ1) is 10.5. The predicted octanol–water partition coefficient (Wildman–Crippen LogP) is 1.27. The van der Waals surface area contributed by atoms with E-state index in [1.165, 1.54) is 0 Å². The molecular weight excluding hydrogens is 403 g/mol. The van der Waals surface area contributed by atoms with Crippen molar-refractivity contribution in [2.24, 2.45) is 23.7 Å². The number of esters is 2. The fourth-order valence-corrected chi connectivity index (χ4v) is 4.39. The van der Waals surface area contributed by atoms with Gasteiger partial charge in [0.25, 0.3) is 0 Å². The molecule has 3 rings (SSSR count). The van der Waals surface area contributed by atoms with Crippen LogP contribution < -0.4 is 0 Å². The van der Waals surface area contributed by atoms with Crippen LogP contribution in [0.2, 0.25) is 0 Å². The monoisotopic (exact) mass is 424 g/mol. The minimum atomic E-state index is -1.01. The summed E-state index contributed by atoms with van der Waals surface area (Å²) in [5, 5.41) is 10.2. The largest absolute Gasteiger partial charge is 0.458 e. The average molecular weight is 424 g/mol. The second kappa shape index (κ2) is 6.24. The van der Waals surface area contributed by atoms with E-state index in [0.29, 0.717) is 13.0 Å². The smallest absolute Gasteiger partial charge is 0.319 e. The Balaban J connectivity index is 1.79. The number of fused-ring (bicyclic) bond motifs is 1. The van der Waals surface area contributed by atoms with Crippen LogP contribution in [0.25, 0.3) is 0 Å². The van der Waals surface area contributed by atoms with Gasteiger partial charge in [0, 0.05) is 24.4 Å². The van der Waals surface area contributed by atoms with Gasteiger partial charge in [-0.15, -0.1) is 0 Å². The minimum absolute atomic E-state index is 0.0321. The van der Waals surface area contributed by atoms with Crippen molar-refractivity contribution in [3.63, 3.8) is 0 Å². The molecule has 0 aromatic rings. The molecule has 8 atom stereocenters. The molecule has 1 aliphatic heterocycles. The number of rotatable bonds is 6. The van der Waals surface area contributed by atoms with E-state index >= 15 is 0 Å². The van der Waals surface area contributed by atoms with Crippen LogP contribution in [0.3, 0.4) is 0 Å². The molecule has 6 nitrogen and oxygen atoms in total. The molecule has 0 amide bonds. The minimum Gasteiger partial charge on any atom is -0.458 e. The summed E-state index contributed by atoms with van der Waals surface area (Å²) in [5.74, 6) is -1.27. The third kappa shape index (κ3) is 2.45. The third-order valence-corrected chi connectivity index (χ3v) is 6.53. The van der Waals surface area contributed by atoms with Gasteiger partial charge in [-0.1, -0.05) is 29.5 Å². The number of hydrogen-bond donors (Lipinski definition) is 1. The summed E-state index contributed by atoms with van der Waals surface area (Å²) in [6, 6.07) is 0. The molecule has 0 spiro atoms. The Labute approximate surface area is 143 Å². The maximum atomic E-state index is 12.1. The van der Waals surface area contributed by atoms with E-state index in [2.05, 4.69) is 22.6 Å². The molecule has 0 aromatic heterocycles. The van der Waals surface area contributed by atoms with Crippen molar-refractivity contribution in [3.8, 4) is 0 Å². The highest BCUT2D eigenvalue weighted by Gasteiger charge is 2.69. The molecule has 0 aromatic carbocycles. The Kier molecular flexibility index (Phi) is 4.66. The molecule has 7 heteroatoms. The van der Waals surface area contributed by atoms with Gasteiger partial charge in [-0.2, -0.15) is 0 Å². The summed E-state index contributed by atoms with van der Waals surface area (Å²) in [7, 11) is 0. The van der Waals surface area contributed by atoms with Crippen LogP contribution in [-0.4, -0.2) is 46.1 Å². The lowest BCUT2D eigenvalue weighted by Gasteiger charge is -2.34. The number of halogens is 1. The standard InChI is InChI=1S/C15H21IO6/c1-3-8(16)13(17)21-11-6-5-7-10(15(19)22-12(7)11)9(6)14(18)20-4-2/h6-12,14,18H,3-5H2,1-2H3. The summed E-state index contributed by atoms with van der Waals surface area (Å²) in [6.45, 7) is 4.09. The summed E-state index contributed by atoms with van der Waals surface area (Å²) in [4.78, 5) is 24.2. The van der Waals surface area contributed by atoms with Gasteiger partial charge in [0.2, 0.25) is 0 Å². The maximum Gasteiger partial charge on any atom is 0.319 e. The Bertz CT molecular complexity index is 469. The number of carbonyl (C=O) groups excluding carboxylic acids is 2. The van der Waals surface area contributed by atoms with Crippen molar-refractivity contribution < 1.29 is 28.9 Å². The van der Waals surface area contributed by atoms with Crippen LogP contribution in [0, 0.1) is 23.7 Å². The Morgan fingerprint density at radius 2 is 2.18 bits per heavy atom. The fraction of sp³-hybridized carbons (Fsp3) is 0.867. The van der Waals surface area contributed by atoms with Crippen molar-refractivity contribution in [1.82, 2.24) is 0 Å². The molecule has 1 N–H and O–H groups in total. The Morgan fingerprint density at radius 1 is 1.45 bits per heavy atom. The molecule has 1 saturated heterocycles. The van der Waals surface area contributed by atoms with Gasteiger partial charge < -0.3 is 19.3 Å². The first kappa shape index (κ1) is 16.4. The number of hydrogen-bond acceptors (Lipinski definition) is 6. The van der Waals surface area contributed by atoms with Gasteiger partial charge in [0.15, 0.2) is 6.29 Å². The van der Waals surface area contributed by atoms with Gasteiger partial charge in [-0.25, -0.2) is 0 Å². The molecule has 124 valence electrons. The van der Waals surface area contributed by atoms with Crippen LogP contribution in [0.15, 0.2) is 0 Å². The summed E-state index contributed by atoms with van der Waals surface area (Å²) in [6.07, 6.45) is -0.384. The fourth-order valence-electron chi connectivity index (χ4n) is 4.25. The van der Waals surface area contributed by atoms with Crippen LogP contribution in [0.4, 0.5) is 0 Å². The second-order valence-electron chi connectivity index (χ2n) is 6.19. The zero-order valence-corrected chi connectivity index (χ0v) is 14.8. The van der Waals surface area contributed by atoms with E-state index in [1.54, 1.807) is 6.92 Å². The lowest BCUT2D eigenvalue weighted by molar-refractivity contribution is -0.177. The van der Waals surface area contributed by atoms with Crippen LogP contribution in [0.1, 0.15) is 26.7 Å². The van der Waals surface area contributed by atoms with Crippen LogP contribution >= 0.6 is 22.6 Å². The predicted molar refractivity (Wildman–Crippen MR) is 84.1 cm³/mol. The highest BCUT2D eigenvalue weighted by atomic mass is 127. The first-order valence-corrected chi connectivity index (χ1v) is 9.08. The molecule has 2 aliphatic carbocycles. The molecule has 8 unspecified atom stereocenters. The summed E-state index contributed by atoms with van der Waals surface area (Å²) in [5.41, 5.74) is 0. The Hall–Kier alpha value is -0.410. The number of ether oxygens (including phenoxy) is 3. The van der Waals surface area contributed by atoms with Crippen molar-refractivity contribution in [2.75, 3.05) is 6.61 Å². The first-order valence-electron chi connectivity index (χ1n) is 7.84. The number of carbonyl (C=O) groups is 2. The molecule has 22 heavy (non-hydrogen) atoms. The molecule has 2 saturated carbocycles. The van der Waals surface area contributed by atoms with Crippen molar-refractivity contribution >= 4 is 34.5 Å². The second-order valence-corrected chi connectivity index (χ2v) is 7.69. The highest BCUT2D eigenvalue weighted by Crippen LogP contribution is 2.59.